The second-order valence-corrected chi connectivity index (χ2v) is 8.75. The van der Waals surface area contributed by atoms with Crippen LogP contribution in [-0.2, 0) is 27.2 Å². The number of benzene rings is 1. The van der Waals surface area contributed by atoms with Crippen LogP contribution in [0.4, 0.5) is 0 Å². The maximum Gasteiger partial charge on any atom is 0.329 e. The fraction of sp³-hybridized carbons (Fsp3) is 0.370. The predicted molar refractivity (Wildman–Crippen MR) is 128 cm³/mol. The Labute approximate surface area is 204 Å². The van der Waals surface area contributed by atoms with Crippen molar-refractivity contribution in [1.82, 2.24) is 9.88 Å². The molecule has 0 aliphatic carbocycles. The predicted octanol–water partition coefficient (Wildman–Crippen LogP) is 3.64. The number of ether oxygens (including phenoxy) is 2. The molecule has 1 aromatic carbocycles. The van der Waals surface area contributed by atoms with Crippen LogP contribution in [0, 0.1) is 13.8 Å². The number of carbonyl (C=O) groups is 3. The first kappa shape index (κ1) is 24.5. The Bertz CT molecular complexity index is 1160. The Kier molecular flexibility index (Phi) is 7.82. The Balaban J connectivity index is 1.41. The molecule has 1 amide bonds. The molecule has 1 saturated heterocycles. The van der Waals surface area contributed by atoms with Crippen LogP contribution in [0.5, 0.6) is 0 Å². The third-order valence-corrected chi connectivity index (χ3v) is 6.25. The van der Waals surface area contributed by atoms with Crippen molar-refractivity contribution in [3.63, 3.8) is 0 Å². The standard InChI is InChI=1S/C27H30N2O6/c1-18-14-22(19(2)29(18)16-21-10-6-12-33-21)24(30)17-35-27(32)23(15-20-8-4-3-5-9-20)28-26(31)25-11-7-13-34-25/h3-5,7-9,11,13-14,21,23H,6,10,12,15-17H2,1-2H3,(H,28,31). The van der Waals surface area contributed by atoms with E-state index >= 15 is 0 Å². The van der Waals surface area contributed by atoms with Gasteiger partial charge in [0.15, 0.2) is 12.4 Å². The molecule has 3 aromatic rings. The molecular formula is C27H30N2O6. The van der Waals surface area contributed by atoms with Crippen LogP contribution in [0.2, 0.25) is 0 Å². The van der Waals surface area contributed by atoms with Crippen LogP contribution >= 0.6 is 0 Å². The van der Waals surface area contributed by atoms with Gasteiger partial charge in [0.2, 0.25) is 5.78 Å². The molecule has 8 heteroatoms. The number of carbonyl (C=O) groups excluding carboxylic acids is 3. The summed E-state index contributed by atoms with van der Waals surface area (Å²) in [6, 6.07) is 13.2. The molecule has 0 saturated carbocycles. The number of nitrogens with zero attached hydrogens (tertiary/aromatic N) is 1. The lowest BCUT2D eigenvalue weighted by Gasteiger charge is -2.17. The van der Waals surface area contributed by atoms with Gasteiger partial charge in [-0.25, -0.2) is 4.79 Å². The van der Waals surface area contributed by atoms with Gasteiger partial charge in [-0.2, -0.15) is 0 Å². The van der Waals surface area contributed by atoms with Crippen LogP contribution in [0.15, 0.2) is 59.2 Å². The maximum atomic E-state index is 12.9. The summed E-state index contributed by atoms with van der Waals surface area (Å²) in [5, 5.41) is 2.66. The lowest BCUT2D eigenvalue weighted by atomic mass is 10.1. The van der Waals surface area contributed by atoms with E-state index in [9.17, 15) is 14.4 Å². The lowest BCUT2D eigenvalue weighted by Crippen LogP contribution is -2.43. The number of furan rings is 1. The number of hydrogen-bond donors (Lipinski definition) is 1. The van der Waals surface area contributed by atoms with Gasteiger partial charge in [-0.3, -0.25) is 9.59 Å². The third-order valence-electron chi connectivity index (χ3n) is 6.25. The van der Waals surface area contributed by atoms with E-state index in [1.807, 2.05) is 50.2 Å². The van der Waals surface area contributed by atoms with E-state index in [2.05, 4.69) is 9.88 Å². The largest absolute Gasteiger partial charge is 0.459 e. The first-order valence-electron chi connectivity index (χ1n) is 11.8. The van der Waals surface area contributed by atoms with Gasteiger partial charge in [0.25, 0.3) is 5.91 Å². The number of nitrogens with one attached hydrogen (secondary N) is 1. The molecule has 0 bridgehead atoms. The maximum absolute atomic E-state index is 12.9. The number of amides is 1. The summed E-state index contributed by atoms with van der Waals surface area (Å²) in [7, 11) is 0. The number of esters is 1. The van der Waals surface area contributed by atoms with Crippen molar-refractivity contribution < 1.29 is 28.3 Å². The van der Waals surface area contributed by atoms with Crippen LogP contribution < -0.4 is 5.32 Å². The van der Waals surface area contributed by atoms with Gasteiger partial charge in [0, 0.05) is 36.5 Å². The van der Waals surface area contributed by atoms with Crippen molar-refractivity contribution >= 4 is 17.7 Å². The summed E-state index contributed by atoms with van der Waals surface area (Å²) in [5.41, 5.74) is 3.15. The molecule has 184 valence electrons. The van der Waals surface area contributed by atoms with E-state index in [1.165, 1.54) is 12.3 Å². The van der Waals surface area contributed by atoms with Gasteiger partial charge >= 0.3 is 5.97 Å². The van der Waals surface area contributed by atoms with Crippen molar-refractivity contribution in [2.24, 2.45) is 0 Å². The zero-order valence-corrected chi connectivity index (χ0v) is 20.0. The fourth-order valence-corrected chi connectivity index (χ4v) is 4.35. The summed E-state index contributed by atoms with van der Waals surface area (Å²) in [6.07, 6.45) is 3.80. The van der Waals surface area contributed by atoms with Crippen molar-refractivity contribution in [3.8, 4) is 0 Å². The van der Waals surface area contributed by atoms with Crippen LogP contribution in [-0.4, -0.2) is 47.6 Å². The zero-order valence-electron chi connectivity index (χ0n) is 20.0. The van der Waals surface area contributed by atoms with E-state index in [0.717, 1.165) is 36.4 Å². The molecular weight excluding hydrogens is 448 g/mol. The minimum absolute atomic E-state index is 0.0885. The number of Topliss-reactive ketones (excluding diaryl/α,β-unsaturated/α-hetero) is 1. The molecule has 2 atom stereocenters. The summed E-state index contributed by atoms with van der Waals surface area (Å²) >= 11 is 0. The minimum atomic E-state index is -0.977. The molecule has 0 radical (unpaired) electrons. The molecule has 1 fully saturated rings. The second kappa shape index (κ2) is 11.2. The third kappa shape index (κ3) is 6.08. The second-order valence-electron chi connectivity index (χ2n) is 8.75. The molecule has 1 aliphatic rings. The van der Waals surface area contributed by atoms with Gasteiger partial charge in [-0.1, -0.05) is 30.3 Å². The average molecular weight is 479 g/mol. The van der Waals surface area contributed by atoms with Gasteiger partial charge in [-0.15, -0.1) is 0 Å². The van der Waals surface area contributed by atoms with E-state index in [-0.39, 0.29) is 24.1 Å². The highest BCUT2D eigenvalue weighted by Crippen LogP contribution is 2.21. The van der Waals surface area contributed by atoms with Crippen LogP contribution in [0.3, 0.4) is 0 Å². The number of hydrogen-bond acceptors (Lipinski definition) is 6. The average Bonchev–Trinajstić information content (AvgIpc) is 3.62. The van der Waals surface area contributed by atoms with E-state index in [1.54, 1.807) is 6.07 Å². The normalized spacial score (nSPS) is 16.1. The Hall–Kier alpha value is -3.65. The molecule has 2 aromatic heterocycles. The number of aromatic nitrogens is 1. The number of ketones is 1. The van der Waals surface area contributed by atoms with E-state index in [0.29, 0.717) is 12.1 Å². The summed E-state index contributed by atoms with van der Waals surface area (Å²) in [4.78, 5) is 38.4. The monoisotopic (exact) mass is 478 g/mol. The Morgan fingerprint density at radius 2 is 1.94 bits per heavy atom. The molecule has 35 heavy (non-hydrogen) atoms. The Morgan fingerprint density at radius 3 is 2.63 bits per heavy atom. The van der Waals surface area contributed by atoms with Crippen molar-refractivity contribution in [2.45, 2.75) is 51.8 Å². The number of aryl methyl sites for hydroxylation is 1. The van der Waals surface area contributed by atoms with Gasteiger partial charge in [0.05, 0.1) is 12.4 Å². The van der Waals surface area contributed by atoms with E-state index in [4.69, 9.17) is 13.9 Å². The van der Waals surface area contributed by atoms with Crippen molar-refractivity contribution in [2.75, 3.05) is 13.2 Å². The van der Waals surface area contributed by atoms with Gasteiger partial charge < -0.3 is 23.8 Å². The molecule has 8 nitrogen and oxygen atoms in total. The number of rotatable bonds is 10. The Morgan fingerprint density at radius 1 is 1.14 bits per heavy atom. The van der Waals surface area contributed by atoms with Crippen LogP contribution in [0.1, 0.15) is 50.7 Å². The van der Waals surface area contributed by atoms with E-state index < -0.39 is 24.5 Å². The van der Waals surface area contributed by atoms with Crippen LogP contribution in [0.25, 0.3) is 0 Å². The summed E-state index contributed by atoms with van der Waals surface area (Å²) in [6.45, 7) is 4.89. The molecule has 2 unspecified atom stereocenters. The highest BCUT2D eigenvalue weighted by atomic mass is 16.5. The molecule has 3 heterocycles. The quantitative estimate of drug-likeness (QED) is 0.353. The highest BCUT2D eigenvalue weighted by molar-refractivity contribution is 6.00. The highest BCUT2D eigenvalue weighted by Gasteiger charge is 2.26. The molecule has 1 N–H and O–H groups in total. The first-order chi connectivity index (χ1) is 16.9. The van der Waals surface area contributed by atoms with Crippen molar-refractivity contribution in [3.05, 3.63) is 83.1 Å². The zero-order chi connectivity index (χ0) is 24.8. The van der Waals surface area contributed by atoms with Gasteiger partial charge in [0.1, 0.15) is 6.04 Å². The first-order valence-corrected chi connectivity index (χ1v) is 11.8. The summed E-state index contributed by atoms with van der Waals surface area (Å²) in [5.74, 6) is -1.42. The topological polar surface area (TPSA) is 99.8 Å². The molecule has 0 spiro atoms. The lowest BCUT2D eigenvalue weighted by molar-refractivity contribution is -0.144. The smallest absolute Gasteiger partial charge is 0.329 e. The minimum Gasteiger partial charge on any atom is -0.459 e. The molecule has 4 rings (SSSR count). The van der Waals surface area contributed by atoms with Crippen molar-refractivity contribution in [1.29, 1.82) is 0 Å². The fourth-order valence-electron chi connectivity index (χ4n) is 4.35. The summed E-state index contributed by atoms with van der Waals surface area (Å²) < 4.78 is 18.3. The SMILES string of the molecule is Cc1cc(C(=O)COC(=O)C(Cc2ccccc2)NC(=O)c2ccco2)c(C)n1CC1CCCO1. The van der Waals surface area contributed by atoms with Gasteiger partial charge in [-0.05, 0) is 50.5 Å². The molecule has 1 aliphatic heterocycles.